The van der Waals surface area contributed by atoms with E-state index in [2.05, 4.69) is 53.2 Å². The van der Waals surface area contributed by atoms with Crippen LogP contribution < -0.4 is 137 Å². The molecule has 2 amide bonds. The number of ether oxygens (including phenoxy) is 8. The zero-order valence-corrected chi connectivity index (χ0v) is 52.4. The summed E-state index contributed by atoms with van der Waals surface area (Å²) < 4.78 is 50.3. The molecule has 0 aliphatic carbocycles. The Morgan fingerprint density at radius 1 is 0.287 bits per heavy atom. The highest BCUT2D eigenvalue weighted by atomic mass is 16.5. The number of carbonyl (C=O) groups is 2. The summed E-state index contributed by atoms with van der Waals surface area (Å²) in [5.74, 6) is -0.264. The van der Waals surface area contributed by atoms with Crippen LogP contribution in [0, 0.1) is 43.3 Å². The fourth-order valence-corrected chi connectivity index (χ4v) is 8.71. The van der Waals surface area contributed by atoms with Gasteiger partial charge < -0.3 is 137 Å². The van der Waals surface area contributed by atoms with E-state index >= 15 is 0 Å². The molecule has 0 fully saturated rings. The SMILES string of the molecule is N=C(N)NCCOc1cccc(-c2ccc(CNC(=O)CCCCCCC(=O)NCc3ccc(-c4cccc(OCCNC(=N)N)c4OCCNC(=N)N)c(OCCNC(=N)N)c3OCCNC(=N)N)c(OCCNC(=N)N)c2OCCNC(=N)N)c1OCCNC(=N)N. The first-order valence-electron chi connectivity index (χ1n) is 29.9. The van der Waals surface area contributed by atoms with E-state index in [-0.39, 0.29) is 214 Å². The van der Waals surface area contributed by atoms with Gasteiger partial charge >= 0.3 is 0 Å². The quantitative estimate of drug-likeness (QED) is 0.0132. The number of benzene rings is 4. The lowest BCUT2D eigenvalue weighted by Gasteiger charge is -2.23. The summed E-state index contributed by atoms with van der Waals surface area (Å²) >= 11 is 0. The van der Waals surface area contributed by atoms with Crippen LogP contribution in [-0.2, 0) is 22.7 Å². The summed E-state index contributed by atoms with van der Waals surface area (Å²) in [4.78, 5) is 27.0. The van der Waals surface area contributed by atoms with Crippen molar-refractivity contribution in [2.24, 2.45) is 45.9 Å². The third-order valence-corrected chi connectivity index (χ3v) is 12.8. The van der Waals surface area contributed by atoms with Gasteiger partial charge in [-0.25, -0.2) is 0 Å². The van der Waals surface area contributed by atoms with Crippen LogP contribution in [0.15, 0.2) is 60.7 Å². The molecule has 0 saturated heterocycles. The van der Waals surface area contributed by atoms with Crippen molar-refractivity contribution in [1.29, 1.82) is 43.3 Å². The maximum absolute atomic E-state index is 13.5. The maximum Gasteiger partial charge on any atom is 0.220 e. The largest absolute Gasteiger partial charge is 0.488 e. The Bertz CT molecular complexity index is 2980. The number of nitrogens with one attached hydrogen (secondary N) is 18. The zero-order valence-electron chi connectivity index (χ0n) is 52.4. The van der Waals surface area contributed by atoms with E-state index in [9.17, 15) is 9.59 Å². The van der Waals surface area contributed by atoms with Gasteiger partial charge in [-0.05, 0) is 37.1 Å². The minimum atomic E-state index is -0.269. The molecule has 0 heterocycles. The van der Waals surface area contributed by atoms with Gasteiger partial charge in [-0.15, -0.1) is 0 Å². The van der Waals surface area contributed by atoms with Gasteiger partial charge in [-0.2, -0.15) is 0 Å². The van der Waals surface area contributed by atoms with Crippen LogP contribution in [0.5, 0.6) is 46.0 Å². The highest BCUT2D eigenvalue weighted by Gasteiger charge is 2.26. The second-order valence-electron chi connectivity index (χ2n) is 20.1. The molecule has 0 spiro atoms. The van der Waals surface area contributed by atoms with Crippen molar-refractivity contribution >= 4 is 59.5 Å². The van der Waals surface area contributed by atoms with Crippen molar-refractivity contribution in [2.75, 3.05) is 105 Å². The standard InChI is InChI=1S/C58H92N26O10/c59-51(60)75-17-25-87-41-9-5-7-37(47(41)91-29-21-79-55(67)68)39-15-13-35(45(89-27-19-77-53(63)64)49(39)93-31-23-81-57(71)72)33-83-43(85)11-3-1-2-4-12-44(86)84-34-36-14-16-40(50(94-32-24-82-58(73)74)46(36)90-28-20-78-54(65)66)38-8-6-10-42(88-26-18-76-52(61)62)48(38)92-30-22-80-56(69)70/h5-10,13-16H,1-4,11-12,17-34H2,(H,83,85)(H,84,86)(H4,59,60,75)(H4,61,62,76)(H4,63,64,77)(H4,65,66,78)(H4,67,68,79)(H4,69,70,80)(H4,71,72,81)(H4,73,74,82). The van der Waals surface area contributed by atoms with E-state index in [0.717, 1.165) is 0 Å². The second kappa shape index (κ2) is 41.6. The van der Waals surface area contributed by atoms with Crippen molar-refractivity contribution in [1.82, 2.24) is 53.2 Å². The predicted molar refractivity (Wildman–Crippen MR) is 358 cm³/mol. The highest BCUT2D eigenvalue weighted by Crippen LogP contribution is 2.48. The molecule has 514 valence electrons. The van der Waals surface area contributed by atoms with Crippen LogP contribution in [0.25, 0.3) is 22.3 Å². The molecule has 34 N–H and O–H groups in total. The summed E-state index contributed by atoms with van der Waals surface area (Å²) in [6, 6.07) is 17.6. The summed E-state index contributed by atoms with van der Waals surface area (Å²) in [6.07, 6.45) is 2.65. The molecule has 0 aromatic heterocycles. The average Bonchev–Trinajstić information content (AvgIpc) is 0.791. The van der Waals surface area contributed by atoms with Crippen LogP contribution >= 0.6 is 0 Å². The average molecular weight is 1310 g/mol. The minimum Gasteiger partial charge on any atom is -0.488 e. The lowest BCUT2D eigenvalue weighted by Crippen LogP contribution is -2.34. The van der Waals surface area contributed by atoms with Gasteiger partial charge in [0.15, 0.2) is 93.7 Å². The summed E-state index contributed by atoms with van der Waals surface area (Å²) in [5, 5.41) is 88.6. The number of hydrogen-bond acceptors (Lipinski definition) is 18. The highest BCUT2D eigenvalue weighted by molar-refractivity contribution is 5.84. The first-order valence-corrected chi connectivity index (χ1v) is 29.9. The van der Waals surface area contributed by atoms with Gasteiger partial charge in [-0.3, -0.25) is 52.9 Å². The van der Waals surface area contributed by atoms with Crippen LogP contribution in [-0.4, -0.2) is 165 Å². The Morgan fingerprint density at radius 3 is 0.809 bits per heavy atom. The van der Waals surface area contributed by atoms with Crippen molar-refractivity contribution in [3.8, 4) is 68.2 Å². The lowest BCUT2D eigenvalue weighted by molar-refractivity contribution is -0.122. The van der Waals surface area contributed by atoms with Crippen molar-refractivity contribution in [2.45, 2.75) is 51.6 Å². The molecule has 4 aromatic carbocycles. The van der Waals surface area contributed by atoms with E-state index < -0.39 is 0 Å². The number of nitrogens with two attached hydrogens (primary N) is 8. The summed E-state index contributed by atoms with van der Waals surface area (Å²) in [5.41, 5.74) is 47.4. The number of guanidine groups is 8. The lowest BCUT2D eigenvalue weighted by atomic mass is 9.99. The number of para-hydroxylation sites is 2. The monoisotopic (exact) mass is 1310 g/mol. The Labute approximate surface area is 544 Å². The maximum atomic E-state index is 13.5. The molecule has 0 radical (unpaired) electrons. The van der Waals surface area contributed by atoms with E-state index in [1.54, 1.807) is 60.7 Å². The van der Waals surface area contributed by atoms with Gasteiger partial charge in [0.1, 0.15) is 52.9 Å². The van der Waals surface area contributed by atoms with Crippen molar-refractivity contribution in [3.05, 3.63) is 71.8 Å². The Balaban J connectivity index is 1.52. The smallest absolute Gasteiger partial charge is 0.220 e. The summed E-state index contributed by atoms with van der Waals surface area (Å²) in [7, 11) is 0. The fraction of sp³-hybridized carbons (Fsp3) is 0.414. The van der Waals surface area contributed by atoms with Gasteiger partial charge in [0.05, 0.1) is 52.4 Å². The Kier molecular flexibility index (Phi) is 33.1. The molecular weight excluding hydrogens is 1220 g/mol. The second-order valence-corrected chi connectivity index (χ2v) is 20.1. The number of unbranched alkanes of at least 4 members (excludes halogenated alkanes) is 3. The molecule has 4 rings (SSSR count). The van der Waals surface area contributed by atoms with E-state index in [4.69, 9.17) is 127 Å². The van der Waals surface area contributed by atoms with Gasteiger partial charge in [0.2, 0.25) is 11.8 Å². The van der Waals surface area contributed by atoms with Gasteiger partial charge in [-0.1, -0.05) is 49.2 Å². The number of rotatable bonds is 45. The molecule has 0 aliphatic rings. The van der Waals surface area contributed by atoms with E-state index in [0.29, 0.717) is 82.1 Å². The molecule has 36 heteroatoms. The normalized spacial score (nSPS) is 10.4. The molecule has 0 saturated carbocycles. The number of carbonyl (C=O) groups excluding carboxylic acids is 2. The van der Waals surface area contributed by atoms with Gasteiger partial charge in [0.25, 0.3) is 0 Å². The number of hydrogen-bond donors (Lipinski definition) is 26. The molecule has 0 bridgehead atoms. The van der Waals surface area contributed by atoms with Crippen LogP contribution in [0.1, 0.15) is 49.7 Å². The molecule has 94 heavy (non-hydrogen) atoms. The van der Waals surface area contributed by atoms with Crippen molar-refractivity contribution < 1.29 is 47.5 Å². The first-order chi connectivity index (χ1) is 45.1. The molecule has 0 unspecified atom stereocenters. The fourth-order valence-electron chi connectivity index (χ4n) is 8.71. The summed E-state index contributed by atoms with van der Waals surface area (Å²) in [6.45, 7) is 1.70. The van der Waals surface area contributed by atoms with Crippen LogP contribution in [0.4, 0.5) is 0 Å². The third kappa shape index (κ3) is 28.5. The zero-order chi connectivity index (χ0) is 68.6. The van der Waals surface area contributed by atoms with Crippen LogP contribution in [0.3, 0.4) is 0 Å². The van der Waals surface area contributed by atoms with E-state index in [1.807, 2.05) is 0 Å². The van der Waals surface area contributed by atoms with Crippen LogP contribution in [0.2, 0.25) is 0 Å². The molecular formula is C58H92N26O10. The predicted octanol–water partition coefficient (Wildman–Crippen LogP) is -1.81. The first kappa shape index (κ1) is 74.8. The molecule has 36 nitrogen and oxygen atoms in total. The molecule has 0 atom stereocenters. The van der Waals surface area contributed by atoms with E-state index in [1.165, 1.54) is 0 Å². The number of amides is 2. The minimum absolute atomic E-state index is 0.00351. The topological polar surface area (TPSA) is 627 Å². The molecule has 4 aromatic rings. The van der Waals surface area contributed by atoms with Crippen molar-refractivity contribution in [3.63, 3.8) is 0 Å². The third-order valence-electron chi connectivity index (χ3n) is 12.8. The Morgan fingerprint density at radius 2 is 0.532 bits per heavy atom. The molecule has 0 aliphatic heterocycles. The Hall–Kier alpha value is -11.6. The van der Waals surface area contributed by atoms with Gasteiger partial charge in [0, 0.05) is 59.3 Å².